The van der Waals surface area contributed by atoms with Gasteiger partial charge in [0.1, 0.15) is 0 Å². The highest BCUT2D eigenvalue weighted by molar-refractivity contribution is 7.13. The van der Waals surface area contributed by atoms with Crippen LogP contribution in [0, 0.1) is 0 Å². The molecule has 0 aliphatic rings. The summed E-state index contributed by atoms with van der Waals surface area (Å²) in [4.78, 5) is 17.2. The number of methoxy groups -OCH3 is 1. The molecule has 4 nitrogen and oxygen atoms in total. The summed E-state index contributed by atoms with van der Waals surface area (Å²) in [5, 5.41) is 2.01. The maximum absolute atomic E-state index is 11.7. The second kappa shape index (κ2) is 6.02. The van der Waals surface area contributed by atoms with Gasteiger partial charge in [-0.05, 0) is 29.9 Å². The second-order valence-electron chi connectivity index (χ2n) is 4.16. The molecule has 0 saturated carbocycles. The summed E-state index contributed by atoms with van der Waals surface area (Å²) >= 11 is 1.58. The summed E-state index contributed by atoms with van der Waals surface area (Å²) in [7, 11) is 1.35. The fourth-order valence-electron chi connectivity index (χ4n) is 1.91. The lowest BCUT2D eigenvalue weighted by Gasteiger charge is -1.96. The molecule has 2 aromatic rings. The molecule has 2 aromatic heterocycles. The zero-order valence-corrected chi connectivity index (χ0v) is 12.2. The highest BCUT2D eigenvalue weighted by Crippen LogP contribution is 2.31. The minimum absolute atomic E-state index is 0.231. The van der Waals surface area contributed by atoms with Crippen LogP contribution in [0.5, 0.6) is 0 Å². The number of rotatable bonds is 5. The standard InChI is InChI=1S/C14H17NO3S/c1-4-6-10-11(14(16)17-3)18-13(15-10)12-9(5-2)7-8-19-12/h7-8H,4-6H2,1-3H3. The molecule has 0 radical (unpaired) electrons. The van der Waals surface area contributed by atoms with Crippen LogP contribution in [0.15, 0.2) is 15.9 Å². The molecule has 0 N–H and O–H groups in total. The first kappa shape index (κ1) is 13.8. The maximum Gasteiger partial charge on any atom is 0.376 e. The van der Waals surface area contributed by atoms with Crippen molar-refractivity contribution in [2.75, 3.05) is 7.11 Å². The van der Waals surface area contributed by atoms with Gasteiger partial charge in [0.2, 0.25) is 11.7 Å². The fourth-order valence-corrected chi connectivity index (χ4v) is 2.83. The van der Waals surface area contributed by atoms with Crippen LogP contribution in [-0.4, -0.2) is 18.1 Å². The quantitative estimate of drug-likeness (QED) is 0.783. The van der Waals surface area contributed by atoms with Crippen LogP contribution < -0.4 is 0 Å². The molecular weight excluding hydrogens is 262 g/mol. The van der Waals surface area contributed by atoms with Crippen LogP contribution in [-0.2, 0) is 17.6 Å². The van der Waals surface area contributed by atoms with Crippen LogP contribution in [0.1, 0.15) is 42.1 Å². The Kier molecular flexibility index (Phi) is 4.37. The van der Waals surface area contributed by atoms with E-state index in [1.54, 1.807) is 11.3 Å². The van der Waals surface area contributed by atoms with Gasteiger partial charge in [-0.2, -0.15) is 0 Å². The highest BCUT2D eigenvalue weighted by Gasteiger charge is 2.22. The Hall–Kier alpha value is -1.62. The third-order valence-electron chi connectivity index (χ3n) is 2.88. The van der Waals surface area contributed by atoms with Gasteiger partial charge in [0.15, 0.2) is 0 Å². The number of carbonyl (C=O) groups excluding carboxylic acids is 1. The number of hydrogen-bond donors (Lipinski definition) is 0. The van der Waals surface area contributed by atoms with Gasteiger partial charge in [0.25, 0.3) is 0 Å². The fraction of sp³-hybridized carbons (Fsp3) is 0.429. The summed E-state index contributed by atoms with van der Waals surface area (Å²) in [6.45, 7) is 4.13. The third-order valence-corrected chi connectivity index (χ3v) is 3.82. The predicted octanol–water partition coefficient (Wildman–Crippen LogP) is 3.70. The number of oxazole rings is 1. The Morgan fingerprint density at radius 1 is 1.47 bits per heavy atom. The number of ether oxygens (including phenoxy) is 1. The van der Waals surface area contributed by atoms with Crippen LogP contribution in [0.25, 0.3) is 10.8 Å². The molecule has 0 unspecified atom stereocenters. The molecule has 19 heavy (non-hydrogen) atoms. The number of aromatic nitrogens is 1. The minimum atomic E-state index is -0.461. The van der Waals surface area contributed by atoms with E-state index in [0.717, 1.165) is 17.7 Å². The van der Waals surface area contributed by atoms with E-state index < -0.39 is 5.97 Å². The molecule has 0 bridgehead atoms. The van der Waals surface area contributed by atoms with Crippen molar-refractivity contribution in [3.05, 3.63) is 28.5 Å². The number of thiophene rings is 1. The van der Waals surface area contributed by atoms with Crippen molar-refractivity contribution in [3.8, 4) is 10.8 Å². The molecule has 0 amide bonds. The minimum Gasteiger partial charge on any atom is -0.463 e. The van der Waals surface area contributed by atoms with Crippen LogP contribution in [0.3, 0.4) is 0 Å². The van der Waals surface area contributed by atoms with E-state index in [9.17, 15) is 4.79 Å². The molecule has 0 aromatic carbocycles. The summed E-state index contributed by atoms with van der Waals surface area (Å²) in [6.07, 6.45) is 2.53. The lowest BCUT2D eigenvalue weighted by atomic mass is 10.2. The smallest absolute Gasteiger partial charge is 0.376 e. The van der Waals surface area contributed by atoms with E-state index in [1.807, 2.05) is 12.3 Å². The molecule has 102 valence electrons. The topological polar surface area (TPSA) is 52.3 Å². The SMILES string of the molecule is CCCc1nc(-c2sccc2CC)oc1C(=O)OC. The average molecular weight is 279 g/mol. The number of hydrogen-bond acceptors (Lipinski definition) is 5. The van der Waals surface area contributed by atoms with Gasteiger partial charge in [-0.3, -0.25) is 0 Å². The zero-order chi connectivity index (χ0) is 13.8. The van der Waals surface area contributed by atoms with Gasteiger partial charge >= 0.3 is 5.97 Å². The van der Waals surface area contributed by atoms with Gasteiger partial charge in [0, 0.05) is 0 Å². The van der Waals surface area contributed by atoms with Crippen molar-refractivity contribution < 1.29 is 13.9 Å². The van der Waals surface area contributed by atoms with Crippen molar-refractivity contribution in [2.24, 2.45) is 0 Å². The monoisotopic (exact) mass is 279 g/mol. The summed E-state index contributed by atoms with van der Waals surface area (Å²) in [6, 6.07) is 2.06. The van der Waals surface area contributed by atoms with E-state index in [1.165, 1.54) is 12.7 Å². The second-order valence-corrected chi connectivity index (χ2v) is 5.08. The Morgan fingerprint density at radius 2 is 2.26 bits per heavy atom. The largest absolute Gasteiger partial charge is 0.463 e. The number of nitrogens with zero attached hydrogens (tertiary/aromatic N) is 1. The van der Waals surface area contributed by atoms with Gasteiger partial charge in [-0.1, -0.05) is 20.3 Å². The maximum atomic E-state index is 11.7. The first-order valence-corrected chi connectivity index (χ1v) is 7.23. The molecule has 0 atom stereocenters. The van der Waals surface area contributed by atoms with Crippen molar-refractivity contribution in [2.45, 2.75) is 33.1 Å². The van der Waals surface area contributed by atoms with Crippen LogP contribution >= 0.6 is 11.3 Å². The van der Waals surface area contributed by atoms with E-state index in [4.69, 9.17) is 9.15 Å². The van der Waals surface area contributed by atoms with E-state index in [0.29, 0.717) is 18.0 Å². The third kappa shape index (κ3) is 2.71. The van der Waals surface area contributed by atoms with Crippen molar-refractivity contribution in [1.29, 1.82) is 0 Å². The Morgan fingerprint density at radius 3 is 2.89 bits per heavy atom. The molecule has 0 fully saturated rings. The molecule has 0 aliphatic heterocycles. The van der Waals surface area contributed by atoms with Gasteiger partial charge in [0.05, 0.1) is 17.7 Å². The van der Waals surface area contributed by atoms with Crippen molar-refractivity contribution >= 4 is 17.3 Å². The normalized spacial score (nSPS) is 10.7. The zero-order valence-electron chi connectivity index (χ0n) is 11.4. The highest BCUT2D eigenvalue weighted by atomic mass is 32.1. The first-order valence-electron chi connectivity index (χ1n) is 6.36. The summed E-state index contributed by atoms with van der Waals surface area (Å²) < 4.78 is 10.4. The summed E-state index contributed by atoms with van der Waals surface area (Å²) in [5.74, 6) is 0.294. The number of esters is 1. The van der Waals surface area contributed by atoms with Crippen LogP contribution in [0.4, 0.5) is 0 Å². The molecule has 5 heteroatoms. The Labute approximate surface area is 116 Å². The molecule has 2 heterocycles. The lowest BCUT2D eigenvalue weighted by Crippen LogP contribution is -2.03. The van der Waals surface area contributed by atoms with E-state index in [2.05, 4.69) is 18.0 Å². The first-order chi connectivity index (χ1) is 9.21. The lowest BCUT2D eigenvalue weighted by molar-refractivity contribution is 0.0564. The van der Waals surface area contributed by atoms with Gasteiger partial charge < -0.3 is 9.15 Å². The average Bonchev–Trinajstić information content (AvgIpc) is 3.03. The predicted molar refractivity (Wildman–Crippen MR) is 74.5 cm³/mol. The number of carbonyl (C=O) groups is 1. The molecule has 0 aliphatic carbocycles. The van der Waals surface area contributed by atoms with E-state index >= 15 is 0 Å². The van der Waals surface area contributed by atoms with E-state index in [-0.39, 0.29) is 5.76 Å². The van der Waals surface area contributed by atoms with Crippen LogP contribution in [0.2, 0.25) is 0 Å². The Bertz CT molecular complexity index is 571. The van der Waals surface area contributed by atoms with Gasteiger partial charge in [-0.15, -0.1) is 11.3 Å². The van der Waals surface area contributed by atoms with Crippen molar-refractivity contribution in [3.63, 3.8) is 0 Å². The van der Waals surface area contributed by atoms with Crippen molar-refractivity contribution in [1.82, 2.24) is 4.98 Å². The molecule has 0 saturated heterocycles. The Balaban J connectivity index is 2.45. The van der Waals surface area contributed by atoms with Gasteiger partial charge in [-0.25, -0.2) is 9.78 Å². The summed E-state index contributed by atoms with van der Waals surface area (Å²) in [5.41, 5.74) is 1.87. The molecule has 2 rings (SSSR count). The molecular formula is C14H17NO3S. The number of aryl methyl sites for hydroxylation is 2. The molecule has 0 spiro atoms.